The van der Waals surface area contributed by atoms with Crippen molar-refractivity contribution >= 4 is 17.7 Å². The molecule has 0 saturated carbocycles. The Morgan fingerprint density at radius 1 is 1.13 bits per heavy atom. The molecule has 3 heterocycles. The number of hydrogen-bond acceptors (Lipinski definition) is 5. The molecule has 0 spiro atoms. The summed E-state index contributed by atoms with van der Waals surface area (Å²) in [6.07, 6.45) is 6.32. The number of ether oxygens (including phenoxy) is 2. The number of methoxy groups -OCH3 is 1. The molecule has 2 aromatic carbocycles. The number of amides is 1. The van der Waals surface area contributed by atoms with Gasteiger partial charge >= 0.3 is 0 Å². The first-order valence-electron chi connectivity index (χ1n) is 10.6. The summed E-state index contributed by atoms with van der Waals surface area (Å²) < 4.78 is 13.2. The van der Waals surface area contributed by atoms with Crippen LogP contribution in [0.25, 0.3) is 17.5 Å². The van der Waals surface area contributed by atoms with Gasteiger partial charge in [-0.25, -0.2) is 0 Å². The first-order chi connectivity index (χ1) is 15.2. The van der Waals surface area contributed by atoms with Crippen LogP contribution >= 0.6 is 0 Å². The van der Waals surface area contributed by atoms with Crippen LogP contribution in [0.3, 0.4) is 0 Å². The van der Waals surface area contributed by atoms with Crippen molar-refractivity contribution in [3.05, 3.63) is 59.4 Å². The second-order valence-electron chi connectivity index (χ2n) is 7.80. The van der Waals surface area contributed by atoms with E-state index in [2.05, 4.69) is 20.1 Å². The predicted molar refractivity (Wildman–Crippen MR) is 118 cm³/mol. The maximum Gasteiger partial charge on any atom is 0.255 e. The van der Waals surface area contributed by atoms with E-state index in [1.807, 2.05) is 48.5 Å². The highest BCUT2D eigenvalue weighted by molar-refractivity contribution is 6.07. The lowest BCUT2D eigenvalue weighted by molar-refractivity contribution is -0.113. The maximum atomic E-state index is 12.9. The molecule has 0 radical (unpaired) electrons. The van der Waals surface area contributed by atoms with Crippen molar-refractivity contribution in [1.82, 2.24) is 14.8 Å². The Balaban J connectivity index is 1.36. The number of carbonyl (C=O) groups is 1. The second kappa shape index (κ2) is 8.26. The lowest BCUT2D eigenvalue weighted by Crippen LogP contribution is -2.21. The minimum absolute atomic E-state index is 0.182. The van der Waals surface area contributed by atoms with Crippen LogP contribution in [-0.4, -0.2) is 34.4 Å². The average molecular weight is 416 g/mol. The quantitative estimate of drug-likeness (QED) is 0.693. The molecule has 0 aliphatic carbocycles. The number of nitrogens with zero attached hydrogens (tertiary/aromatic N) is 3. The van der Waals surface area contributed by atoms with Crippen molar-refractivity contribution in [3.8, 4) is 22.9 Å². The van der Waals surface area contributed by atoms with Crippen LogP contribution in [0, 0.1) is 0 Å². The van der Waals surface area contributed by atoms with Gasteiger partial charge in [0.15, 0.2) is 5.82 Å². The average Bonchev–Trinajstić information content (AvgIpc) is 3.06. The Bertz CT molecular complexity index is 1170. The van der Waals surface area contributed by atoms with Crippen LogP contribution in [-0.2, 0) is 17.8 Å². The Kier molecular flexibility index (Phi) is 5.16. The maximum absolute atomic E-state index is 12.9. The van der Waals surface area contributed by atoms with E-state index in [9.17, 15) is 4.79 Å². The summed E-state index contributed by atoms with van der Waals surface area (Å²) in [5, 5.41) is 11.8. The molecule has 158 valence electrons. The topological polar surface area (TPSA) is 78.3 Å². The molecule has 2 aliphatic heterocycles. The van der Waals surface area contributed by atoms with E-state index in [1.54, 1.807) is 7.11 Å². The first kappa shape index (κ1) is 19.4. The molecular weight excluding hydrogens is 392 g/mol. The van der Waals surface area contributed by atoms with Gasteiger partial charge in [0.2, 0.25) is 0 Å². The SMILES string of the molecule is COc1ccc2c(c1)OCC(C(=O)Nc1cccc(-c3nnc4n3CCCCC4)c1)=C2. The van der Waals surface area contributed by atoms with E-state index in [1.165, 1.54) is 6.42 Å². The number of benzene rings is 2. The highest BCUT2D eigenvalue weighted by Gasteiger charge is 2.19. The first-order valence-corrected chi connectivity index (χ1v) is 10.6. The van der Waals surface area contributed by atoms with E-state index >= 15 is 0 Å². The zero-order chi connectivity index (χ0) is 21.2. The summed E-state index contributed by atoms with van der Waals surface area (Å²) in [5.74, 6) is 3.16. The number of anilines is 1. The summed E-state index contributed by atoms with van der Waals surface area (Å²) >= 11 is 0. The minimum atomic E-state index is -0.182. The predicted octanol–water partition coefficient (Wildman–Crippen LogP) is 4.09. The van der Waals surface area contributed by atoms with Gasteiger partial charge < -0.3 is 19.4 Å². The number of nitrogens with one attached hydrogen (secondary N) is 1. The van der Waals surface area contributed by atoms with Crippen LogP contribution in [0.15, 0.2) is 48.0 Å². The molecule has 0 fully saturated rings. The van der Waals surface area contributed by atoms with Gasteiger partial charge in [-0.1, -0.05) is 18.6 Å². The van der Waals surface area contributed by atoms with Crippen LogP contribution in [0.2, 0.25) is 0 Å². The van der Waals surface area contributed by atoms with Crippen LogP contribution in [0.1, 0.15) is 30.7 Å². The van der Waals surface area contributed by atoms with Gasteiger partial charge in [-0.05, 0) is 43.2 Å². The van der Waals surface area contributed by atoms with Gasteiger partial charge in [0.05, 0.1) is 12.7 Å². The summed E-state index contributed by atoms with van der Waals surface area (Å²) in [4.78, 5) is 12.9. The van der Waals surface area contributed by atoms with Gasteiger partial charge in [0, 0.05) is 35.8 Å². The zero-order valence-corrected chi connectivity index (χ0v) is 17.4. The molecule has 1 N–H and O–H groups in total. The third kappa shape index (κ3) is 3.91. The number of carbonyl (C=O) groups excluding carboxylic acids is 1. The third-order valence-corrected chi connectivity index (χ3v) is 5.71. The molecule has 2 aliphatic rings. The van der Waals surface area contributed by atoms with Crippen LogP contribution < -0.4 is 14.8 Å². The monoisotopic (exact) mass is 416 g/mol. The lowest BCUT2D eigenvalue weighted by Gasteiger charge is -2.18. The van der Waals surface area contributed by atoms with Gasteiger partial charge in [0.1, 0.15) is 23.9 Å². The van der Waals surface area contributed by atoms with Crippen LogP contribution in [0.5, 0.6) is 11.5 Å². The molecule has 0 saturated heterocycles. The van der Waals surface area contributed by atoms with Crippen molar-refractivity contribution in [2.45, 2.75) is 32.2 Å². The molecule has 3 aromatic rings. The largest absolute Gasteiger partial charge is 0.497 e. The molecular formula is C24H24N4O3. The van der Waals surface area contributed by atoms with E-state index in [0.717, 1.165) is 60.0 Å². The smallest absolute Gasteiger partial charge is 0.255 e. The van der Waals surface area contributed by atoms with E-state index in [-0.39, 0.29) is 12.5 Å². The fourth-order valence-electron chi connectivity index (χ4n) is 4.05. The van der Waals surface area contributed by atoms with Crippen molar-refractivity contribution in [2.75, 3.05) is 19.0 Å². The van der Waals surface area contributed by atoms with Gasteiger partial charge in [0.25, 0.3) is 5.91 Å². The van der Waals surface area contributed by atoms with Crippen LogP contribution in [0.4, 0.5) is 5.69 Å². The molecule has 7 nitrogen and oxygen atoms in total. The normalized spacial score (nSPS) is 15.1. The number of fused-ring (bicyclic) bond motifs is 2. The summed E-state index contributed by atoms with van der Waals surface area (Å²) in [6.45, 7) is 1.14. The van der Waals surface area contributed by atoms with Crippen molar-refractivity contribution < 1.29 is 14.3 Å². The molecule has 1 amide bonds. The summed E-state index contributed by atoms with van der Waals surface area (Å²) in [7, 11) is 1.62. The Hall–Kier alpha value is -3.61. The van der Waals surface area contributed by atoms with Gasteiger partial charge in [-0.3, -0.25) is 4.79 Å². The van der Waals surface area contributed by atoms with Crippen molar-refractivity contribution in [3.63, 3.8) is 0 Å². The standard InChI is InChI=1S/C24H24N4O3/c1-30-20-10-9-16-12-18(15-31-21(16)14-20)24(29)25-19-7-5-6-17(13-19)23-27-26-22-8-3-2-4-11-28(22)23/h5-7,9-10,12-14H,2-4,8,11,15H2,1H3,(H,25,29). The van der Waals surface area contributed by atoms with Gasteiger partial charge in [-0.15, -0.1) is 10.2 Å². The summed E-state index contributed by atoms with van der Waals surface area (Å²) in [5.41, 5.74) is 3.09. The fourth-order valence-corrected chi connectivity index (χ4v) is 4.05. The zero-order valence-electron chi connectivity index (χ0n) is 17.4. The van der Waals surface area contributed by atoms with Crippen molar-refractivity contribution in [2.24, 2.45) is 0 Å². The van der Waals surface area contributed by atoms with E-state index in [0.29, 0.717) is 11.3 Å². The van der Waals surface area contributed by atoms with E-state index < -0.39 is 0 Å². The Labute approximate surface area is 180 Å². The lowest BCUT2D eigenvalue weighted by atomic mass is 10.1. The molecule has 0 unspecified atom stereocenters. The highest BCUT2D eigenvalue weighted by atomic mass is 16.5. The highest BCUT2D eigenvalue weighted by Crippen LogP contribution is 2.31. The number of hydrogen-bond donors (Lipinski definition) is 1. The van der Waals surface area contributed by atoms with Gasteiger partial charge in [-0.2, -0.15) is 0 Å². The third-order valence-electron chi connectivity index (χ3n) is 5.71. The molecule has 0 atom stereocenters. The number of aromatic nitrogens is 3. The molecule has 5 rings (SSSR count). The minimum Gasteiger partial charge on any atom is -0.497 e. The van der Waals surface area contributed by atoms with E-state index in [4.69, 9.17) is 9.47 Å². The molecule has 1 aromatic heterocycles. The molecule has 7 heteroatoms. The summed E-state index contributed by atoms with van der Waals surface area (Å²) in [6, 6.07) is 13.3. The molecule has 31 heavy (non-hydrogen) atoms. The fraction of sp³-hybridized carbons (Fsp3) is 0.292. The number of aryl methyl sites for hydroxylation is 1. The molecule has 0 bridgehead atoms. The Morgan fingerprint density at radius 3 is 2.97 bits per heavy atom. The second-order valence-corrected chi connectivity index (χ2v) is 7.80. The van der Waals surface area contributed by atoms with Crippen molar-refractivity contribution in [1.29, 1.82) is 0 Å². The Morgan fingerprint density at radius 2 is 2.06 bits per heavy atom. The number of rotatable bonds is 4.